The summed E-state index contributed by atoms with van der Waals surface area (Å²) < 4.78 is 0. The number of nitrogens with one attached hydrogen (secondary N) is 1. The third kappa shape index (κ3) is 4.46. The van der Waals surface area contributed by atoms with Gasteiger partial charge in [-0.1, -0.05) is 0 Å². The van der Waals surface area contributed by atoms with Crippen molar-refractivity contribution < 1.29 is 4.79 Å². The SMILES string of the molecule is CN(C)c1ccc(NC(=O)CCN)nc1.Cl. The maximum atomic E-state index is 11.2. The van der Waals surface area contributed by atoms with Crippen LogP contribution in [0.1, 0.15) is 6.42 Å². The van der Waals surface area contributed by atoms with Gasteiger partial charge in [0.25, 0.3) is 0 Å². The van der Waals surface area contributed by atoms with Crippen LogP contribution in [0.2, 0.25) is 0 Å². The first-order chi connectivity index (χ1) is 7.13. The van der Waals surface area contributed by atoms with Crippen LogP contribution in [-0.4, -0.2) is 31.5 Å². The zero-order valence-electron chi connectivity index (χ0n) is 9.43. The van der Waals surface area contributed by atoms with Crippen LogP contribution < -0.4 is 16.0 Å². The fraction of sp³-hybridized carbons (Fsp3) is 0.400. The molecule has 5 nitrogen and oxygen atoms in total. The molecule has 1 heterocycles. The Balaban J connectivity index is 0.00000225. The number of hydrogen-bond acceptors (Lipinski definition) is 4. The third-order valence-electron chi connectivity index (χ3n) is 1.90. The summed E-state index contributed by atoms with van der Waals surface area (Å²) in [6, 6.07) is 3.66. The minimum atomic E-state index is -0.109. The number of hydrogen-bond donors (Lipinski definition) is 2. The molecule has 0 unspecified atom stereocenters. The van der Waals surface area contributed by atoms with Gasteiger partial charge in [0.05, 0.1) is 11.9 Å². The summed E-state index contributed by atoms with van der Waals surface area (Å²) in [5.41, 5.74) is 6.25. The molecule has 0 saturated carbocycles. The van der Waals surface area contributed by atoms with Crippen molar-refractivity contribution in [1.29, 1.82) is 0 Å². The summed E-state index contributed by atoms with van der Waals surface area (Å²) in [5, 5.41) is 2.66. The van der Waals surface area contributed by atoms with E-state index in [-0.39, 0.29) is 18.3 Å². The van der Waals surface area contributed by atoms with Crippen LogP contribution >= 0.6 is 12.4 Å². The van der Waals surface area contributed by atoms with Crippen molar-refractivity contribution in [2.24, 2.45) is 5.73 Å². The van der Waals surface area contributed by atoms with Gasteiger partial charge in [-0.25, -0.2) is 4.98 Å². The van der Waals surface area contributed by atoms with Gasteiger partial charge in [0.1, 0.15) is 5.82 Å². The van der Waals surface area contributed by atoms with Crippen LogP contribution in [0, 0.1) is 0 Å². The Labute approximate surface area is 101 Å². The first kappa shape index (κ1) is 14.7. The van der Waals surface area contributed by atoms with Crippen molar-refractivity contribution in [1.82, 2.24) is 4.98 Å². The quantitative estimate of drug-likeness (QED) is 0.824. The lowest BCUT2D eigenvalue weighted by atomic mass is 10.3. The minimum absolute atomic E-state index is 0. The Bertz CT molecular complexity index is 326. The summed E-state index contributed by atoms with van der Waals surface area (Å²) in [4.78, 5) is 17.2. The zero-order chi connectivity index (χ0) is 11.3. The highest BCUT2D eigenvalue weighted by Gasteiger charge is 2.02. The molecule has 16 heavy (non-hydrogen) atoms. The van der Waals surface area contributed by atoms with Crippen LogP contribution in [0.4, 0.5) is 11.5 Å². The lowest BCUT2D eigenvalue weighted by Gasteiger charge is -2.12. The highest BCUT2D eigenvalue weighted by Crippen LogP contribution is 2.11. The normalized spacial score (nSPS) is 9.19. The van der Waals surface area contributed by atoms with Gasteiger partial charge in [-0.15, -0.1) is 12.4 Å². The number of halogens is 1. The van der Waals surface area contributed by atoms with Gasteiger partial charge >= 0.3 is 0 Å². The molecular weight excluding hydrogens is 228 g/mol. The molecule has 0 aliphatic carbocycles. The Hall–Kier alpha value is -1.33. The van der Waals surface area contributed by atoms with Gasteiger partial charge in [-0.05, 0) is 12.1 Å². The highest BCUT2D eigenvalue weighted by molar-refractivity contribution is 5.89. The van der Waals surface area contributed by atoms with Crippen molar-refractivity contribution in [3.05, 3.63) is 18.3 Å². The van der Waals surface area contributed by atoms with Crippen LogP contribution in [0.3, 0.4) is 0 Å². The van der Waals surface area contributed by atoms with Crippen LogP contribution in [-0.2, 0) is 4.79 Å². The van der Waals surface area contributed by atoms with Crippen LogP contribution in [0.15, 0.2) is 18.3 Å². The van der Waals surface area contributed by atoms with Crippen molar-refractivity contribution in [3.8, 4) is 0 Å². The molecule has 0 aliphatic heterocycles. The number of aromatic nitrogens is 1. The standard InChI is InChI=1S/C10H16N4O.ClH/c1-14(2)8-3-4-9(12-7-8)13-10(15)5-6-11;/h3-4,7H,5-6,11H2,1-2H3,(H,12,13,15);1H. The fourth-order valence-corrected chi connectivity index (χ4v) is 1.06. The molecule has 90 valence electrons. The average molecular weight is 245 g/mol. The van der Waals surface area contributed by atoms with E-state index in [1.165, 1.54) is 0 Å². The van der Waals surface area contributed by atoms with Gasteiger partial charge in [0.2, 0.25) is 5.91 Å². The predicted molar refractivity (Wildman–Crippen MR) is 68.1 cm³/mol. The summed E-state index contributed by atoms with van der Waals surface area (Å²) in [6.45, 7) is 0.349. The van der Waals surface area contributed by atoms with Crippen LogP contribution in [0.25, 0.3) is 0 Å². The second-order valence-corrected chi connectivity index (χ2v) is 3.38. The van der Waals surface area contributed by atoms with E-state index in [1.54, 1.807) is 12.3 Å². The lowest BCUT2D eigenvalue weighted by molar-refractivity contribution is -0.116. The second kappa shape index (κ2) is 7.03. The van der Waals surface area contributed by atoms with Crippen molar-refractivity contribution >= 4 is 29.8 Å². The maximum absolute atomic E-state index is 11.2. The van der Waals surface area contributed by atoms with E-state index in [0.717, 1.165) is 5.69 Å². The van der Waals surface area contributed by atoms with Gasteiger partial charge < -0.3 is 16.0 Å². The first-order valence-corrected chi connectivity index (χ1v) is 4.77. The minimum Gasteiger partial charge on any atom is -0.376 e. The molecule has 0 bridgehead atoms. The maximum Gasteiger partial charge on any atom is 0.226 e. The molecule has 0 atom stereocenters. The van der Waals surface area contributed by atoms with Gasteiger partial charge in [-0.2, -0.15) is 0 Å². The summed E-state index contributed by atoms with van der Waals surface area (Å²) in [6.07, 6.45) is 2.02. The lowest BCUT2D eigenvalue weighted by Crippen LogP contribution is -2.17. The number of rotatable bonds is 4. The topological polar surface area (TPSA) is 71.2 Å². The van der Waals surface area contributed by atoms with Gasteiger partial charge in [0, 0.05) is 27.1 Å². The molecule has 0 spiro atoms. The number of nitrogens with two attached hydrogens (primary N) is 1. The molecule has 0 radical (unpaired) electrons. The van der Waals surface area contributed by atoms with E-state index >= 15 is 0 Å². The van der Waals surface area contributed by atoms with Gasteiger partial charge in [0.15, 0.2) is 0 Å². The van der Waals surface area contributed by atoms with E-state index in [4.69, 9.17) is 5.73 Å². The van der Waals surface area contributed by atoms with E-state index in [9.17, 15) is 4.79 Å². The molecule has 6 heteroatoms. The molecular formula is C10H17ClN4O. The second-order valence-electron chi connectivity index (χ2n) is 3.38. The molecule has 1 amide bonds. The molecule has 0 saturated heterocycles. The number of pyridine rings is 1. The van der Waals surface area contributed by atoms with E-state index in [1.807, 2.05) is 25.1 Å². The molecule has 1 aromatic rings. The van der Waals surface area contributed by atoms with E-state index < -0.39 is 0 Å². The molecule has 0 fully saturated rings. The number of carbonyl (C=O) groups is 1. The van der Waals surface area contributed by atoms with Crippen molar-refractivity contribution in [2.75, 3.05) is 30.9 Å². The highest BCUT2D eigenvalue weighted by atomic mass is 35.5. The van der Waals surface area contributed by atoms with Gasteiger partial charge in [-0.3, -0.25) is 4.79 Å². The molecule has 1 rings (SSSR count). The first-order valence-electron chi connectivity index (χ1n) is 4.77. The Morgan fingerprint density at radius 1 is 1.50 bits per heavy atom. The Morgan fingerprint density at radius 3 is 2.62 bits per heavy atom. The molecule has 0 aromatic carbocycles. The number of carbonyl (C=O) groups excluding carboxylic acids is 1. The predicted octanol–water partition coefficient (Wildman–Crippen LogP) is 0.857. The summed E-state index contributed by atoms with van der Waals surface area (Å²) >= 11 is 0. The smallest absolute Gasteiger partial charge is 0.226 e. The number of anilines is 2. The monoisotopic (exact) mass is 244 g/mol. The molecule has 0 aliphatic rings. The van der Waals surface area contributed by atoms with E-state index in [2.05, 4.69) is 10.3 Å². The molecule has 1 aromatic heterocycles. The summed E-state index contributed by atoms with van der Waals surface area (Å²) in [7, 11) is 3.87. The van der Waals surface area contributed by atoms with Crippen molar-refractivity contribution in [2.45, 2.75) is 6.42 Å². The largest absolute Gasteiger partial charge is 0.376 e. The van der Waals surface area contributed by atoms with E-state index in [0.29, 0.717) is 18.8 Å². The summed E-state index contributed by atoms with van der Waals surface area (Å²) in [5.74, 6) is 0.446. The number of nitrogens with zero attached hydrogens (tertiary/aromatic N) is 2. The Morgan fingerprint density at radius 2 is 2.19 bits per heavy atom. The third-order valence-corrected chi connectivity index (χ3v) is 1.90. The van der Waals surface area contributed by atoms with Crippen molar-refractivity contribution in [3.63, 3.8) is 0 Å². The van der Waals surface area contributed by atoms with Crippen LogP contribution in [0.5, 0.6) is 0 Å². The average Bonchev–Trinajstić information content (AvgIpc) is 2.18. The fourth-order valence-electron chi connectivity index (χ4n) is 1.06. The Kier molecular flexibility index (Phi) is 6.44. The number of amides is 1. The zero-order valence-corrected chi connectivity index (χ0v) is 10.3. The molecule has 3 N–H and O–H groups in total.